The molecule has 0 amide bonds. The number of furan rings is 1. The number of hydrogen-bond acceptors (Lipinski definition) is 2. The summed E-state index contributed by atoms with van der Waals surface area (Å²) in [7, 11) is 0. The van der Waals surface area contributed by atoms with Gasteiger partial charge in [0.1, 0.15) is 11.6 Å². The quantitative estimate of drug-likeness (QED) is 0.873. The van der Waals surface area contributed by atoms with Gasteiger partial charge in [-0.2, -0.15) is 0 Å². The predicted molar refractivity (Wildman–Crippen MR) is 66.1 cm³/mol. The Bertz CT molecular complexity index is 477. The summed E-state index contributed by atoms with van der Waals surface area (Å²) in [5.74, 6) is 0.453. The van der Waals surface area contributed by atoms with Gasteiger partial charge in [-0.1, -0.05) is 19.9 Å². The van der Waals surface area contributed by atoms with Crippen molar-refractivity contribution >= 4 is 0 Å². The third kappa shape index (κ3) is 2.94. The molecule has 3 heteroatoms. The molecule has 0 unspecified atom stereocenters. The molecular formula is C14H16FNO. The molecule has 2 rings (SSSR count). The first-order valence-electron chi connectivity index (χ1n) is 5.72. The van der Waals surface area contributed by atoms with Crippen LogP contribution in [0.4, 0.5) is 4.39 Å². The second kappa shape index (κ2) is 5.15. The van der Waals surface area contributed by atoms with Gasteiger partial charge in [0.05, 0.1) is 6.26 Å². The normalized spacial score (nSPS) is 11.1. The highest BCUT2D eigenvalue weighted by molar-refractivity contribution is 5.62. The summed E-state index contributed by atoms with van der Waals surface area (Å²) in [5.41, 5.74) is 1.85. The Labute approximate surface area is 100 Å². The van der Waals surface area contributed by atoms with Gasteiger partial charge in [-0.15, -0.1) is 0 Å². The van der Waals surface area contributed by atoms with Gasteiger partial charge in [0.2, 0.25) is 0 Å². The molecular weight excluding hydrogens is 217 g/mol. The topological polar surface area (TPSA) is 25.2 Å². The van der Waals surface area contributed by atoms with Crippen LogP contribution in [0.5, 0.6) is 0 Å². The van der Waals surface area contributed by atoms with Crippen molar-refractivity contribution in [1.29, 1.82) is 0 Å². The van der Waals surface area contributed by atoms with Gasteiger partial charge >= 0.3 is 0 Å². The van der Waals surface area contributed by atoms with Gasteiger partial charge in [0.15, 0.2) is 0 Å². The van der Waals surface area contributed by atoms with Gasteiger partial charge in [0, 0.05) is 18.2 Å². The molecule has 0 aliphatic carbocycles. The minimum atomic E-state index is -0.246. The molecule has 90 valence electrons. The van der Waals surface area contributed by atoms with Gasteiger partial charge < -0.3 is 9.73 Å². The maximum absolute atomic E-state index is 13.3. The Morgan fingerprint density at radius 1 is 1.29 bits per heavy atom. The van der Waals surface area contributed by atoms with Crippen LogP contribution in [0.2, 0.25) is 0 Å². The smallest absolute Gasteiger partial charge is 0.134 e. The first-order valence-corrected chi connectivity index (χ1v) is 5.72. The van der Waals surface area contributed by atoms with Crippen LogP contribution in [0, 0.1) is 5.82 Å². The Morgan fingerprint density at radius 3 is 2.76 bits per heavy atom. The summed E-state index contributed by atoms with van der Waals surface area (Å²) in [4.78, 5) is 0. The van der Waals surface area contributed by atoms with Crippen LogP contribution in [-0.4, -0.2) is 6.04 Å². The third-order valence-electron chi connectivity index (χ3n) is 2.56. The van der Waals surface area contributed by atoms with E-state index in [2.05, 4.69) is 19.2 Å². The van der Waals surface area contributed by atoms with E-state index in [4.69, 9.17) is 4.42 Å². The first-order chi connectivity index (χ1) is 8.16. The maximum atomic E-state index is 13.3. The van der Waals surface area contributed by atoms with Crippen LogP contribution in [0.15, 0.2) is 41.0 Å². The zero-order chi connectivity index (χ0) is 12.3. The molecule has 0 fully saturated rings. The lowest BCUT2D eigenvalue weighted by Gasteiger charge is -2.11. The lowest BCUT2D eigenvalue weighted by molar-refractivity contribution is 0.570. The predicted octanol–water partition coefficient (Wildman–Crippen LogP) is 3.58. The molecule has 0 bridgehead atoms. The van der Waals surface area contributed by atoms with Crippen LogP contribution in [0.1, 0.15) is 19.4 Å². The molecule has 0 saturated heterocycles. The molecule has 1 N–H and O–H groups in total. The second-order valence-electron chi connectivity index (χ2n) is 4.31. The maximum Gasteiger partial charge on any atom is 0.134 e. The Kier molecular flexibility index (Phi) is 3.59. The molecule has 0 aliphatic rings. The molecule has 0 radical (unpaired) electrons. The van der Waals surface area contributed by atoms with Crippen LogP contribution < -0.4 is 5.32 Å². The fraction of sp³-hybridized carbons (Fsp3) is 0.286. The van der Waals surface area contributed by atoms with Crippen molar-refractivity contribution < 1.29 is 8.81 Å². The van der Waals surface area contributed by atoms with E-state index in [0.717, 1.165) is 11.1 Å². The third-order valence-corrected chi connectivity index (χ3v) is 2.56. The summed E-state index contributed by atoms with van der Waals surface area (Å²) in [6.07, 6.45) is 1.60. The summed E-state index contributed by atoms with van der Waals surface area (Å²) in [6, 6.07) is 8.82. The zero-order valence-electron chi connectivity index (χ0n) is 10.0. The highest BCUT2D eigenvalue weighted by Crippen LogP contribution is 2.25. The van der Waals surface area contributed by atoms with Crippen LogP contribution >= 0.6 is 0 Å². The Balaban J connectivity index is 2.31. The molecule has 17 heavy (non-hydrogen) atoms. The molecule has 2 aromatic rings. The molecule has 1 aromatic carbocycles. The van der Waals surface area contributed by atoms with E-state index in [-0.39, 0.29) is 5.82 Å². The van der Waals surface area contributed by atoms with Gasteiger partial charge in [0.25, 0.3) is 0 Å². The number of rotatable bonds is 4. The van der Waals surface area contributed by atoms with E-state index in [1.165, 1.54) is 12.1 Å². The molecule has 0 atom stereocenters. The fourth-order valence-corrected chi connectivity index (χ4v) is 1.68. The molecule has 1 heterocycles. The van der Waals surface area contributed by atoms with Crippen LogP contribution in [-0.2, 0) is 6.54 Å². The van der Waals surface area contributed by atoms with Crippen molar-refractivity contribution in [2.45, 2.75) is 26.4 Å². The van der Waals surface area contributed by atoms with E-state index in [1.54, 1.807) is 18.4 Å². The van der Waals surface area contributed by atoms with Crippen molar-refractivity contribution in [2.75, 3.05) is 0 Å². The number of halogens is 1. The van der Waals surface area contributed by atoms with E-state index >= 15 is 0 Å². The van der Waals surface area contributed by atoms with Crippen molar-refractivity contribution in [3.8, 4) is 11.3 Å². The van der Waals surface area contributed by atoms with E-state index < -0.39 is 0 Å². The van der Waals surface area contributed by atoms with Crippen LogP contribution in [0.3, 0.4) is 0 Å². The molecule has 0 spiro atoms. The minimum absolute atomic E-state index is 0.246. The van der Waals surface area contributed by atoms with E-state index in [1.807, 2.05) is 6.07 Å². The lowest BCUT2D eigenvalue weighted by Crippen LogP contribution is -2.22. The van der Waals surface area contributed by atoms with Crippen molar-refractivity contribution in [3.05, 3.63) is 48.0 Å². The van der Waals surface area contributed by atoms with E-state index in [0.29, 0.717) is 18.3 Å². The minimum Gasteiger partial charge on any atom is -0.464 e. The number of nitrogens with one attached hydrogen (secondary N) is 1. The monoisotopic (exact) mass is 233 g/mol. The standard InChI is InChI=1S/C14H16FNO/c1-10(2)16-9-11-5-6-12(15)8-13(11)14-4-3-7-17-14/h3-8,10,16H,9H2,1-2H3. The molecule has 0 aliphatic heterocycles. The summed E-state index contributed by atoms with van der Waals surface area (Å²) in [6.45, 7) is 4.86. The van der Waals surface area contributed by atoms with Gasteiger partial charge in [-0.25, -0.2) is 4.39 Å². The lowest BCUT2D eigenvalue weighted by atomic mass is 10.0. The number of benzene rings is 1. The highest BCUT2D eigenvalue weighted by atomic mass is 19.1. The zero-order valence-corrected chi connectivity index (χ0v) is 10.0. The van der Waals surface area contributed by atoms with Crippen LogP contribution in [0.25, 0.3) is 11.3 Å². The first kappa shape index (κ1) is 11.9. The second-order valence-corrected chi connectivity index (χ2v) is 4.31. The van der Waals surface area contributed by atoms with Gasteiger partial charge in [-0.3, -0.25) is 0 Å². The Morgan fingerprint density at radius 2 is 2.12 bits per heavy atom. The molecule has 1 aromatic heterocycles. The SMILES string of the molecule is CC(C)NCc1ccc(F)cc1-c1ccco1. The van der Waals surface area contributed by atoms with Crippen molar-refractivity contribution in [1.82, 2.24) is 5.32 Å². The Hall–Kier alpha value is -1.61. The summed E-state index contributed by atoms with van der Waals surface area (Å²) >= 11 is 0. The van der Waals surface area contributed by atoms with Crippen molar-refractivity contribution in [2.24, 2.45) is 0 Å². The average Bonchev–Trinajstić information content (AvgIpc) is 2.80. The van der Waals surface area contributed by atoms with Gasteiger partial charge in [-0.05, 0) is 29.8 Å². The molecule has 0 saturated carbocycles. The molecule has 2 nitrogen and oxygen atoms in total. The average molecular weight is 233 g/mol. The van der Waals surface area contributed by atoms with Crippen molar-refractivity contribution in [3.63, 3.8) is 0 Å². The highest BCUT2D eigenvalue weighted by Gasteiger charge is 2.09. The summed E-state index contributed by atoms with van der Waals surface area (Å²) < 4.78 is 18.6. The number of hydrogen-bond donors (Lipinski definition) is 1. The largest absolute Gasteiger partial charge is 0.464 e. The fourth-order valence-electron chi connectivity index (χ4n) is 1.68. The summed E-state index contributed by atoms with van der Waals surface area (Å²) in [5, 5.41) is 3.32. The van der Waals surface area contributed by atoms with E-state index in [9.17, 15) is 4.39 Å².